The van der Waals surface area contributed by atoms with Crippen LogP contribution in [0.2, 0.25) is 0 Å². The van der Waals surface area contributed by atoms with Crippen molar-refractivity contribution in [2.75, 3.05) is 25.9 Å². The smallest absolute Gasteiger partial charge is 0.214 e. The highest BCUT2D eigenvalue weighted by molar-refractivity contribution is 7.89. The van der Waals surface area contributed by atoms with Crippen LogP contribution < -0.4 is 5.32 Å². The van der Waals surface area contributed by atoms with Crippen LogP contribution in [0.25, 0.3) is 0 Å². The van der Waals surface area contributed by atoms with Crippen molar-refractivity contribution in [1.29, 1.82) is 0 Å². The minimum absolute atomic E-state index is 0.109. The molecule has 1 saturated heterocycles. The van der Waals surface area contributed by atoms with Gasteiger partial charge < -0.3 is 5.32 Å². The Morgan fingerprint density at radius 2 is 1.87 bits per heavy atom. The molecule has 1 aliphatic rings. The minimum atomic E-state index is -2.99. The predicted octanol–water partition coefficient (Wildman–Crippen LogP) is 0.800. The lowest BCUT2D eigenvalue weighted by Gasteiger charge is -2.38. The van der Waals surface area contributed by atoms with Crippen molar-refractivity contribution in [2.45, 2.75) is 38.6 Å². The first-order valence-electron chi connectivity index (χ1n) is 5.60. The second kappa shape index (κ2) is 4.80. The molecular formula is C10H22N2O2S. The molecule has 4 nitrogen and oxygen atoms in total. The van der Waals surface area contributed by atoms with Crippen LogP contribution >= 0.6 is 0 Å². The van der Waals surface area contributed by atoms with E-state index in [9.17, 15) is 8.42 Å². The van der Waals surface area contributed by atoms with Crippen molar-refractivity contribution in [3.05, 3.63) is 0 Å². The number of hydrogen-bond donors (Lipinski definition) is 1. The molecule has 0 aliphatic carbocycles. The number of nitrogens with zero attached hydrogens (tertiary/aromatic N) is 1. The summed E-state index contributed by atoms with van der Waals surface area (Å²) in [6.07, 6.45) is 2.49. The average Bonchev–Trinajstić information content (AvgIpc) is 2.18. The van der Waals surface area contributed by atoms with Gasteiger partial charge in [-0.2, -0.15) is 0 Å². The number of sulfonamides is 1. The highest BCUT2D eigenvalue weighted by atomic mass is 32.2. The van der Waals surface area contributed by atoms with Gasteiger partial charge in [-0.25, -0.2) is 12.7 Å². The number of nitrogens with one attached hydrogen (secondary N) is 1. The first-order chi connectivity index (χ1) is 6.93. The molecule has 0 radical (unpaired) electrons. The zero-order valence-corrected chi connectivity index (χ0v) is 10.7. The van der Waals surface area contributed by atoms with E-state index in [1.807, 2.05) is 14.0 Å². The molecule has 0 spiro atoms. The van der Waals surface area contributed by atoms with Gasteiger partial charge in [0.15, 0.2) is 0 Å². The Balaban J connectivity index is 2.58. The molecule has 0 saturated carbocycles. The summed E-state index contributed by atoms with van der Waals surface area (Å²) >= 11 is 0. The molecule has 1 N–H and O–H groups in total. The summed E-state index contributed by atoms with van der Waals surface area (Å²) in [6, 6.07) is 0. The molecule has 0 aromatic rings. The maximum atomic E-state index is 11.8. The Kier molecular flexibility index (Phi) is 4.14. The monoisotopic (exact) mass is 234 g/mol. The standard InChI is InChI=1S/C10H22N2O2S/c1-4-9-15(13,14)12-7-5-10(2,11-3)6-8-12/h11H,4-9H2,1-3H3. The summed E-state index contributed by atoms with van der Waals surface area (Å²) in [4.78, 5) is 0. The molecule has 1 fully saturated rings. The van der Waals surface area contributed by atoms with Crippen LogP contribution in [0.15, 0.2) is 0 Å². The van der Waals surface area contributed by atoms with Gasteiger partial charge in [-0.15, -0.1) is 0 Å². The van der Waals surface area contributed by atoms with Crippen LogP contribution in [0.4, 0.5) is 0 Å². The van der Waals surface area contributed by atoms with Gasteiger partial charge in [0.2, 0.25) is 10.0 Å². The number of piperidine rings is 1. The molecule has 90 valence electrons. The van der Waals surface area contributed by atoms with E-state index in [0.717, 1.165) is 12.8 Å². The highest BCUT2D eigenvalue weighted by Gasteiger charge is 2.32. The summed E-state index contributed by atoms with van der Waals surface area (Å²) in [5.41, 5.74) is 0.109. The number of rotatable bonds is 4. The van der Waals surface area contributed by atoms with Crippen LogP contribution in [0.3, 0.4) is 0 Å². The van der Waals surface area contributed by atoms with E-state index in [2.05, 4.69) is 12.2 Å². The number of hydrogen-bond acceptors (Lipinski definition) is 3. The van der Waals surface area contributed by atoms with Crippen molar-refractivity contribution in [1.82, 2.24) is 9.62 Å². The predicted molar refractivity (Wildman–Crippen MR) is 62.3 cm³/mol. The van der Waals surface area contributed by atoms with Gasteiger partial charge in [-0.05, 0) is 33.2 Å². The van der Waals surface area contributed by atoms with Crippen LogP contribution in [0.5, 0.6) is 0 Å². The molecule has 1 aliphatic heterocycles. The van der Waals surface area contributed by atoms with E-state index >= 15 is 0 Å². The summed E-state index contributed by atoms with van der Waals surface area (Å²) in [5, 5.41) is 3.26. The first-order valence-corrected chi connectivity index (χ1v) is 7.21. The summed E-state index contributed by atoms with van der Waals surface area (Å²) in [5.74, 6) is 0.281. The Labute approximate surface area is 93.1 Å². The summed E-state index contributed by atoms with van der Waals surface area (Å²) in [7, 11) is -1.05. The van der Waals surface area contributed by atoms with Crippen LogP contribution in [0.1, 0.15) is 33.1 Å². The molecule has 0 bridgehead atoms. The van der Waals surface area contributed by atoms with Crippen molar-refractivity contribution in [2.24, 2.45) is 0 Å². The fraction of sp³-hybridized carbons (Fsp3) is 1.00. The topological polar surface area (TPSA) is 49.4 Å². The molecule has 1 rings (SSSR count). The third kappa shape index (κ3) is 3.16. The molecule has 1 heterocycles. The molecule has 5 heteroatoms. The molecule has 0 amide bonds. The summed E-state index contributed by atoms with van der Waals surface area (Å²) in [6.45, 7) is 5.36. The summed E-state index contributed by atoms with van der Waals surface area (Å²) < 4.78 is 25.2. The van der Waals surface area contributed by atoms with Crippen LogP contribution in [-0.4, -0.2) is 44.2 Å². The lowest BCUT2D eigenvalue weighted by Crippen LogP contribution is -2.51. The third-order valence-electron chi connectivity index (χ3n) is 3.28. The van der Waals surface area contributed by atoms with E-state index in [0.29, 0.717) is 19.5 Å². The van der Waals surface area contributed by atoms with E-state index in [1.165, 1.54) is 0 Å². The fourth-order valence-corrected chi connectivity index (χ4v) is 3.41. The largest absolute Gasteiger partial charge is 0.314 e. The van der Waals surface area contributed by atoms with E-state index < -0.39 is 10.0 Å². The van der Waals surface area contributed by atoms with Gasteiger partial charge in [-0.3, -0.25) is 0 Å². The van der Waals surface area contributed by atoms with Gasteiger partial charge in [0, 0.05) is 18.6 Å². The average molecular weight is 234 g/mol. The normalized spacial score (nSPS) is 22.9. The second-order valence-corrected chi connectivity index (χ2v) is 6.61. The maximum Gasteiger partial charge on any atom is 0.214 e. The SMILES string of the molecule is CCCS(=O)(=O)N1CCC(C)(NC)CC1. The van der Waals surface area contributed by atoms with Gasteiger partial charge in [0.25, 0.3) is 0 Å². The zero-order chi connectivity index (χ0) is 11.5. The second-order valence-electron chi connectivity index (χ2n) is 4.53. The van der Waals surface area contributed by atoms with E-state index in [1.54, 1.807) is 4.31 Å². The molecule has 0 aromatic heterocycles. The highest BCUT2D eigenvalue weighted by Crippen LogP contribution is 2.23. The van der Waals surface area contributed by atoms with Crippen molar-refractivity contribution < 1.29 is 8.42 Å². The fourth-order valence-electron chi connectivity index (χ4n) is 1.89. The molecule has 0 atom stereocenters. The van der Waals surface area contributed by atoms with Crippen LogP contribution in [0, 0.1) is 0 Å². The van der Waals surface area contributed by atoms with Gasteiger partial charge in [-0.1, -0.05) is 6.92 Å². The Bertz CT molecular complexity index is 293. The van der Waals surface area contributed by atoms with E-state index in [4.69, 9.17) is 0 Å². The third-order valence-corrected chi connectivity index (χ3v) is 5.36. The van der Waals surface area contributed by atoms with Crippen molar-refractivity contribution in [3.8, 4) is 0 Å². The van der Waals surface area contributed by atoms with Crippen LogP contribution in [-0.2, 0) is 10.0 Å². The first kappa shape index (κ1) is 12.9. The Morgan fingerprint density at radius 1 is 1.33 bits per heavy atom. The van der Waals surface area contributed by atoms with Crippen molar-refractivity contribution in [3.63, 3.8) is 0 Å². The van der Waals surface area contributed by atoms with Crippen molar-refractivity contribution >= 4 is 10.0 Å². The lowest BCUT2D eigenvalue weighted by molar-refractivity contribution is 0.219. The molecular weight excluding hydrogens is 212 g/mol. The Hall–Kier alpha value is -0.130. The quantitative estimate of drug-likeness (QED) is 0.783. The molecule has 0 aromatic carbocycles. The van der Waals surface area contributed by atoms with Gasteiger partial charge >= 0.3 is 0 Å². The molecule has 15 heavy (non-hydrogen) atoms. The Morgan fingerprint density at radius 3 is 2.27 bits per heavy atom. The van der Waals surface area contributed by atoms with Gasteiger partial charge in [0.05, 0.1) is 5.75 Å². The zero-order valence-electron chi connectivity index (χ0n) is 9.91. The van der Waals surface area contributed by atoms with E-state index in [-0.39, 0.29) is 11.3 Å². The maximum absolute atomic E-state index is 11.8. The minimum Gasteiger partial charge on any atom is -0.314 e. The lowest BCUT2D eigenvalue weighted by atomic mass is 9.91. The van der Waals surface area contributed by atoms with Gasteiger partial charge in [0.1, 0.15) is 0 Å². The molecule has 0 unspecified atom stereocenters.